The van der Waals surface area contributed by atoms with Crippen molar-refractivity contribution < 1.29 is 14.3 Å². The molecular formula is C22H28N2O3. The van der Waals surface area contributed by atoms with Crippen molar-refractivity contribution in [2.45, 2.75) is 41.0 Å². The highest BCUT2D eigenvalue weighted by Crippen LogP contribution is 2.20. The molecule has 0 saturated carbocycles. The van der Waals surface area contributed by atoms with E-state index in [1.165, 1.54) is 5.56 Å². The number of aryl methyl sites for hydroxylation is 2. The number of hydrogen-bond donors (Lipinski definition) is 2. The van der Waals surface area contributed by atoms with Crippen molar-refractivity contribution in [2.24, 2.45) is 5.41 Å². The van der Waals surface area contributed by atoms with Gasteiger partial charge in [-0.15, -0.1) is 0 Å². The summed E-state index contributed by atoms with van der Waals surface area (Å²) < 4.78 is 5.65. The van der Waals surface area contributed by atoms with Crippen LogP contribution in [-0.2, 0) is 9.59 Å². The quantitative estimate of drug-likeness (QED) is 0.777. The predicted octanol–water partition coefficient (Wildman–Crippen LogP) is 4.70. The monoisotopic (exact) mass is 368 g/mol. The molecule has 0 heterocycles. The number of benzene rings is 2. The van der Waals surface area contributed by atoms with Crippen LogP contribution in [0.5, 0.6) is 5.75 Å². The minimum absolute atomic E-state index is 0.0761. The molecule has 0 aromatic heterocycles. The van der Waals surface area contributed by atoms with E-state index >= 15 is 0 Å². The van der Waals surface area contributed by atoms with Gasteiger partial charge in [-0.25, -0.2) is 0 Å². The van der Waals surface area contributed by atoms with E-state index in [9.17, 15) is 9.59 Å². The van der Waals surface area contributed by atoms with Crippen molar-refractivity contribution in [1.29, 1.82) is 0 Å². The number of nitrogens with one attached hydrogen (secondary N) is 2. The molecule has 2 amide bonds. The Morgan fingerprint density at radius 1 is 0.926 bits per heavy atom. The summed E-state index contributed by atoms with van der Waals surface area (Å²) in [5, 5.41) is 5.69. The lowest BCUT2D eigenvalue weighted by molar-refractivity contribution is -0.123. The third-order valence-corrected chi connectivity index (χ3v) is 4.16. The van der Waals surface area contributed by atoms with Gasteiger partial charge < -0.3 is 15.4 Å². The van der Waals surface area contributed by atoms with Gasteiger partial charge in [-0.05, 0) is 55.3 Å². The Morgan fingerprint density at radius 3 is 2.22 bits per heavy atom. The molecule has 27 heavy (non-hydrogen) atoms. The number of carbonyl (C=O) groups excluding carboxylic acids is 2. The zero-order chi connectivity index (χ0) is 20.0. The van der Waals surface area contributed by atoms with Crippen molar-refractivity contribution in [2.75, 3.05) is 17.2 Å². The molecule has 0 atom stereocenters. The molecule has 144 valence electrons. The van der Waals surface area contributed by atoms with Crippen LogP contribution in [0.15, 0.2) is 42.5 Å². The Bertz CT molecular complexity index is 823. The number of anilines is 2. The molecule has 5 nitrogen and oxygen atoms in total. The first-order chi connectivity index (χ1) is 12.6. The van der Waals surface area contributed by atoms with Crippen LogP contribution in [-0.4, -0.2) is 18.4 Å². The predicted molar refractivity (Wildman–Crippen MR) is 109 cm³/mol. The lowest BCUT2D eigenvalue weighted by Crippen LogP contribution is -2.27. The summed E-state index contributed by atoms with van der Waals surface area (Å²) >= 11 is 0. The van der Waals surface area contributed by atoms with Gasteiger partial charge >= 0.3 is 0 Å². The first kappa shape index (κ1) is 20.5. The van der Waals surface area contributed by atoms with E-state index in [1.54, 1.807) is 24.3 Å². The van der Waals surface area contributed by atoms with Crippen molar-refractivity contribution in [1.82, 2.24) is 0 Å². The zero-order valence-electron chi connectivity index (χ0n) is 16.7. The van der Waals surface area contributed by atoms with Crippen LogP contribution in [0.3, 0.4) is 0 Å². The van der Waals surface area contributed by atoms with Gasteiger partial charge in [0.1, 0.15) is 5.75 Å². The summed E-state index contributed by atoms with van der Waals surface area (Å²) in [5.41, 5.74) is 3.17. The molecule has 0 radical (unpaired) electrons. The molecule has 0 saturated heterocycles. The van der Waals surface area contributed by atoms with Gasteiger partial charge in [-0.2, -0.15) is 0 Å². The third kappa shape index (κ3) is 6.44. The zero-order valence-corrected chi connectivity index (χ0v) is 16.7. The van der Waals surface area contributed by atoms with Crippen LogP contribution in [0.1, 0.15) is 38.3 Å². The average molecular weight is 368 g/mol. The van der Waals surface area contributed by atoms with Crippen LogP contribution < -0.4 is 15.4 Å². The minimum Gasteiger partial charge on any atom is -0.493 e. The Morgan fingerprint density at radius 2 is 1.59 bits per heavy atom. The average Bonchev–Trinajstić information content (AvgIpc) is 2.57. The van der Waals surface area contributed by atoms with E-state index in [-0.39, 0.29) is 18.2 Å². The molecule has 0 fully saturated rings. The molecule has 2 aromatic carbocycles. The first-order valence-electron chi connectivity index (χ1n) is 9.06. The SMILES string of the molecule is Cc1ccc(OCCC(=O)Nc2cccc(NC(=O)C(C)(C)C)c2)cc1C. The highest BCUT2D eigenvalue weighted by atomic mass is 16.5. The normalized spacial score (nSPS) is 11.0. The summed E-state index contributed by atoms with van der Waals surface area (Å²) in [6.07, 6.45) is 0.242. The highest BCUT2D eigenvalue weighted by Gasteiger charge is 2.21. The summed E-state index contributed by atoms with van der Waals surface area (Å²) in [6, 6.07) is 13.0. The largest absolute Gasteiger partial charge is 0.493 e. The highest BCUT2D eigenvalue weighted by molar-refractivity contribution is 5.96. The van der Waals surface area contributed by atoms with Crippen molar-refractivity contribution in [3.8, 4) is 5.75 Å². The Hall–Kier alpha value is -2.82. The summed E-state index contributed by atoms with van der Waals surface area (Å²) in [7, 11) is 0. The fourth-order valence-corrected chi connectivity index (χ4v) is 2.28. The second-order valence-corrected chi connectivity index (χ2v) is 7.68. The molecule has 0 aliphatic carbocycles. The Labute approximate surface area is 161 Å². The maximum atomic E-state index is 12.1. The number of hydrogen-bond acceptors (Lipinski definition) is 3. The van der Waals surface area contributed by atoms with E-state index < -0.39 is 5.41 Å². The smallest absolute Gasteiger partial charge is 0.229 e. The van der Waals surface area contributed by atoms with Crippen molar-refractivity contribution >= 4 is 23.2 Å². The van der Waals surface area contributed by atoms with Crippen molar-refractivity contribution in [3.05, 3.63) is 53.6 Å². The van der Waals surface area contributed by atoms with Gasteiger partial charge in [0.25, 0.3) is 0 Å². The number of ether oxygens (including phenoxy) is 1. The van der Waals surface area contributed by atoms with E-state index in [2.05, 4.69) is 10.6 Å². The van der Waals surface area contributed by atoms with Gasteiger partial charge in [0.05, 0.1) is 13.0 Å². The van der Waals surface area contributed by atoms with Crippen LogP contribution in [0.2, 0.25) is 0 Å². The maximum Gasteiger partial charge on any atom is 0.229 e. The molecule has 2 aromatic rings. The van der Waals surface area contributed by atoms with E-state index in [4.69, 9.17) is 4.74 Å². The molecule has 2 N–H and O–H groups in total. The lowest BCUT2D eigenvalue weighted by atomic mass is 9.95. The maximum absolute atomic E-state index is 12.1. The first-order valence-corrected chi connectivity index (χ1v) is 9.06. The van der Waals surface area contributed by atoms with Crippen molar-refractivity contribution in [3.63, 3.8) is 0 Å². The summed E-state index contributed by atoms with van der Waals surface area (Å²) in [6.45, 7) is 9.93. The standard InChI is InChI=1S/C22H28N2O3/c1-15-9-10-19(13-16(15)2)27-12-11-20(25)23-17-7-6-8-18(14-17)24-21(26)22(3,4)5/h6-10,13-14H,11-12H2,1-5H3,(H,23,25)(H,24,26). The lowest BCUT2D eigenvalue weighted by Gasteiger charge is -2.18. The third-order valence-electron chi connectivity index (χ3n) is 4.16. The van der Waals surface area contributed by atoms with E-state index in [0.29, 0.717) is 18.0 Å². The second-order valence-electron chi connectivity index (χ2n) is 7.68. The Kier molecular flexibility index (Phi) is 6.61. The van der Waals surface area contributed by atoms with Gasteiger partial charge in [0.15, 0.2) is 0 Å². The van der Waals surface area contributed by atoms with Gasteiger partial charge in [-0.1, -0.05) is 32.9 Å². The molecule has 0 bridgehead atoms. The van der Waals surface area contributed by atoms with E-state index in [0.717, 1.165) is 11.3 Å². The van der Waals surface area contributed by atoms with Crippen LogP contribution in [0.25, 0.3) is 0 Å². The summed E-state index contributed by atoms with van der Waals surface area (Å²) in [5.74, 6) is 0.545. The second kappa shape index (κ2) is 8.71. The fraction of sp³-hybridized carbons (Fsp3) is 0.364. The van der Waals surface area contributed by atoms with Crippen LogP contribution in [0.4, 0.5) is 11.4 Å². The van der Waals surface area contributed by atoms with E-state index in [1.807, 2.05) is 52.8 Å². The molecule has 0 spiro atoms. The molecule has 0 unspecified atom stereocenters. The molecule has 5 heteroatoms. The molecule has 0 aliphatic heterocycles. The van der Waals surface area contributed by atoms with Gasteiger partial charge in [0, 0.05) is 16.8 Å². The fourth-order valence-electron chi connectivity index (χ4n) is 2.28. The number of amides is 2. The van der Waals surface area contributed by atoms with Crippen LogP contribution >= 0.6 is 0 Å². The number of rotatable bonds is 6. The Balaban J connectivity index is 1.85. The summed E-state index contributed by atoms with van der Waals surface area (Å²) in [4.78, 5) is 24.2. The molecular weight excluding hydrogens is 340 g/mol. The topological polar surface area (TPSA) is 67.4 Å². The number of carbonyl (C=O) groups is 2. The van der Waals surface area contributed by atoms with Crippen LogP contribution in [0, 0.1) is 19.3 Å². The van der Waals surface area contributed by atoms with Gasteiger partial charge in [-0.3, -0.25) is 9.59 Å². The molecule has 0 aliphatic rings. The van der Waals surface area contributed by atoms with Gasteiger partial charge in [0.2, 0.25) is 11.8 Å². The minimum atomic E-state index is -0.481. The molecule has 2 rings (SSSR count).